The molecule has 3 aromatic rings. The second-order valence-corrected chi connectivity index (χ2v) is 10.9. The van der Waals surface area contributed by atoms with Gasteiger partial charge < -0.3 is 19.9 Å². The summed E-state index contributed by atoms with van der Waals surface area (Å²) in [6.45, 7) is -0.454. The van der Waals surface area contributed by atoms with Gasteiger partial charge in [-0.15, -0.1) is 0 Å². The number of benzene rings is 2. The molecule has 8 nitrogen and oxygen atoms in total. The standard InChI is InChI=1S/C23H23BrF3N3O5S/c24-13-3-4-18(16(25)10-13)28-22-20(27)17(26)11-15(19-2-1-9-35-19)21(22)29-36(33,34)30-23(7-8-23)6-5-14(32)12-31/h1-4,9-11,14,28-32H,5-8,12H2. The van der Waals surface area contributed by atoms with E-state index in [1.54, 1.807) is 0 Å². The van der Waals surface area contributed by atoms with Crippen LogP contribution >= 0.6 is 15.9 Å². The summed E-state index contributed by atoms with van der Waals surface area (Å²) in [4.78, 5) is 0. The van der Waals surface area contributed by atoms with Crippen LogP contribution in [0.15, 0.2) is 51.6 Å². The summed E-state index contributed by atoms with van der Waals surface area (Å²) in [6.07, 6.45) is 1.69. The Morgan fingerprint density at radius 3 is 2.47 bits per heavy atom. The molecule has 0 aliphatic heterocycles. The topological polar surface area (TPSA) is 124 Å². The van der Waals surface area contributed by atoms with Gasteiger partial charge in [-0.05, 0) is 62.1 Å². The van der Waals surface area contributed by atoms with E-state index < -0.39 is 57.3 Å². The zero-order chi connectivity index (χ0) is 26.1. The van der Waals surface area contributed by atoms with Gasteiger partial charge in [0.1, 0.15) is 17.3 Å². The highest BCUT2D eigenvalue weighted by molar-refractivity contribution is 9.10. The van der Waals surface area contributed by atoms with E-state index >= 15 is 4.39 Å². The highest BCUT2D eigenvalue weighted by Gasteiger charge is 2.46. The molecule has 1 aromatic heterocycles. The summed E-state index contributed by atoms with van der Waals surface area (Å²) in [5.74, 6) is -3.50. The fourth-order valence-electron chi connectivity index (χ4n) is 3.73. The molecule has 1 aliphatic rings. The van der Waals surface area contributed by atoms with Gasteiger partial charge in [0.15, 0.2) is 11.6 Å². The van der Waals surface area contributed by atoms with Crippen molar-refractivity contribution >= 4 is 43.2 Å². The number of aliphatic hydroxyl groups excluding tert-OH is 2. The third kappa shape index (κ3) is 6.03. The lowest BCUT2D eigenvalue weighted by Crippen LogP contribution is -2.41. The molecule has 0 bridgehead atoms. The van der Waals surface area contributed by atoms with E-state index in [1.807, 2.05) is 0 Å². The van der Waals surface area contributed by atoms with Crippen LogP contribution in [0.4, 0.5) is 30.2 Å². The number of furan rings is 1. The number of rotatable bonds is 11. The van der Waals surface area contributed by atoms with Crippen molar-refractivity contribution in [2.45, 2.75) is 37.3 Å². The molecule has 0 amide bonds. The molecule has 1 atom stereocenters. The first-order valence-electron chi connectivity index (χ1n) is 10.9. The summed E-state index contributed by atoms with van der Waals surface area (Å²) >= 11 is 3.12. The normalized spacial score (nSPS) is 15.5. The maximum Gasteiger partial charge on any atom is 0.299 e. The van der Waals surface area contributed by atoms with Crippen LogP contribution in [0, 0.1) is 17.5 Å². The van der Waals surface area contributed by atoms with E-state index in [0.717, 1.165) is 12.1 Å². The van der Waals surface area contributed by atoms with Crippen LogP contribution < -0.4 is 14.8 Å². The smallest absolute Gasteiger partial charge is 0.299 e. The summed E-state index contributed by atoms with van der Waals surface area (Å²) in [7, 11) is -4.38. The predicted molar refractivity (Wildman–Crippen MR) is 131 cm³/mol. The van der Waals surface area contributed by atoms with Crippen LogP contribution in [0.5, 0.6) is 0 Å². The van der Waals surface area contributed by atoms with Crippen LogP contribution in [0.1, 0.15) is 25.7 Å². The number of aliphatic hydroxyl groups is 2. The van der Waals surface area contributed by atoms with Crippen LogP contribution in [-0.2, 0) is 10.2 Å². The summed E-state index contributed by atoms with van der Waals surface area (Å²) in [6, 6.07) is 7.55. The molecule has 1 unspecified atom stereocenters. The van der Waals surface area contributed by atoms with Crippen molar-refractivity contribution in [2.75, 3.05) is 16.6 Å². The molecule has 0 radical (unpaired) electrons. The van der Waals surface area contributed by atoms with Gasteiger partial charge in [0, 0.05) is 15.6 Å². The van der Waals surface area contributed by atoms with E-state index in [9.17, 15) is 22.3 Å². The van der Waals surface area contributed by atoms with Crippen molar-refractivity contribution in [1.29, 1.82) is 0 Å². The number of anilines is 3. The zero-order valence-electron chi connectivity index (χ0n) is 18.7. The van der Waals surface area contributed by atoms with Crippen molar-refractivity contribution in [1.82, 2.24) is 4.72 Å². The van der Waals surface area contributed by atoms with E-state index in [0.29, 0.717) is 17.3 Å². The Kier molecular flexibility index (Phi) is 7.67. The SMILES string of the molecule is O=S(=O)(Nc1c(-c2ccco2)cc(F)c(F)c1Nc1ccc(Br)cc1F)NC1(CCC(O)CO)CC1. The van der Waals surface area contributed by atoms with Crippen molar-refractivity contribution in [2.24, 2.45) is 0 Å². The Morgan fingerprint density at radius 1 is 1.11 bits per heavy atom. The first-order chi connectivity index (χ1) is 17.0. The molecule has 1 fully saturated rings. The third-order valence-corrected chi connectivity index (χ3v) is 7.47. The van der Waals surface area contributed by atoms with Gasteiger partial charge in [-0.1, -0.05) is 15.9 Å². The summed E-state index contributed by atoms with van der Waals surface area (Å²) < 4.78 is 80.9. The fraction of sp³-hybridized carbons (Fsp3) is 0.304. The van der Waals surface area contributed by atoms with E-state index in [-0.39, 0.29) is 29.9 Å². The quantitative estimate of drug-likeness (QED) is 0.219. The van der Waals surface area contributed by atoms with E-state index in [2.05, 4.69) is 30.7 Å². The van der Waals surface area contributed by atoms with Gasteiger partial charge in [-0.3, -0.25) is 4.72 Å². The van der Waals surface area contributed by atoms with Crippen molar-refractivity contribution in [3.8, 4) is 11.3 Å². The van der Waals surface area contributed by atoms with Gasteiger partial charge in [-0.2, -0.15) is 13.1 Å². The molecule has 4 rings (SSSR count). The average Bonchev–Trinajstić information content (AvgIpc) is 3.34. The lowest BCUT2D eigenvalue weighted by molar-refractivity contribution is 0.0838. The molecule has 0 spiro atoms. The molecule has 2 aromatic carbocycles. The summed E-state index contributed by atoms with van der Waals surface area (Å²) in [5.41, 5.74) is -2.24. The molecular weight excluding hydrogens is 567 g/mol. The highest BCUT2D eigenvalue weighted by atomic mass is 79.9. The lowest BCUT2D eigenvalue weighted by Gasteiger charge is -2.22. The monoisotopic (exact) mass is 589 g/mol. The van der Waals surface area contributed by atoms with Gasteiger partial charge in [0.25, 0.3) is 10.2 Å². The van der Waals surface area contributed by atoms with E-state index in [1.165, 1.54) is 30.5 Å². The molecule has 13 heteroatoms. The van der Waals surface area contributed by atoms with Gasteiger partial charge in [0.05, 0.1) is 30.3 Å². The highest BCUT2D eigenvalue weighted by Crippen LogP contribution is 2.43. The minimum Gasteiger partial charge on any atom is -0.464 e. The summed E-state index contributed by atoms with van der Waals surface area (Å²) in [5, 5.41) is 21.1. The Labute approximate surface area is 213 Å². The first kappa shape index (κ1) is 26.5. The molecule has 1 heterocycles. The maximum absolute atomic E-state index is 15.0. The van der Waals surface area contributed by atoms with Crippen molar-refractivity contribution < 1.29 is 36.2 Å². The second-order valence-electron chi connectivity index (χ2n) is 8.56. The molecule has 5 N–H and O–H groups in total. The Bertz CT molecular complexity index is 1350. The fourth-order valence-corrected chi connectivity index (χ4v) is 5.48. The minimum absolute atomic E-state index is 0.0399. The lowest BCUT2D eigenvalue weighted by atomic mass is 10.1. The number of hydrogen-bond acceptors (Lipinski definition) is 6. The molecule has 194 valence electrons. The van der Waals surface area contributed by atoms with Gasteiger partial charge in [0.2, 0.25) is 0 Å². The second kappa shape index (κ2) is 10.4. The molecule has 0 saturated heterocycles. The van der Waals surface area contributed by atoms with Gasteiger partial charge in [-0.25, -0.2) is 13.2 Å². The Balaban J connectivity index is 1.73. The van der Waals surface area contributed by atoms with Crippen molar-refractivity contribution in [3.63, 3.8) is 0 Å². The van der Waals surface area contributed by atoms with Gasteiger partial charge >= 0.3 is 0 Å². The van der Waals surface area contributed by atoms with Crippen LogP contribution in [0.2, 0.25) is 0 Å². The molecule has 36 heavy (non-hydrogen) atoms. The Morgan fingerprint density at radius 2 is 1.86 bits per heavy atom. The maximum atomic E-state index is 15.0. The van der Waals surface area contributed by atoms with Crippen LogP contribution in [-0.4, -0.2) is 36.9 Å². The average molecular weight is 590 g/mol. The Hall–Kier alpha value is -2.58. The van der Waals surface area contributed by atoms with Crippen LogP contribution in [0.3, 0.4) is 0 Å². The molecule has 1 aliphatic carbocycles. The van der Waals surface area contributed by atoms with Crippen LogP contribution in [0.25, 0.3) is 11.3 Å². The first-order valence-corrected chi connectivity index (χ1v) is 13.2. The predicted octanol–water partition coefficient (Wildman–Crippen LogP) is 4.78. The largest absolute Gasteiger partial charge is 0.464 e. The zero-order valence-corrected chi connectivity index (χ0v) is 21.1. The molecular formula is C23H23BrF3N3O5S. The van der Waals surface area contributed by atoms with E-state index in [4.69, 9.17) is 9.52 Å². The number of hydrogen-bond donors (Lipinski definition) is 5. The minimum atomic E-state index is -4.38. The molecule has 1 saturated carbocycles. The number of halogens is 4. The number of nitrogens with one attached hydrogen (secondary N) is 3. The van der Waals surface area contributed by atoms with Crippen molar-refractivity contribution in [3.05, 3.63) is 64.6 Å². The third-order valence-electron chi connectivity index (χ3n) is 5.80.